The van der Waals surface area contributed by atoms with E-state index in [1.807, 2.05) is 20.8 Å². The number of amides is 1. The Hall–Kier alpha value is -2.50. The molecule has 0 radical (unpaired) electrons. The summed E-state index contributed by atoms with van der Waals surface area (Å²) in [6, 6.07) is 5.11. The van der Waals surface area contributed by atoms with Crippen LogP contribution in [0.15, 0.2) is 30.6 Å². The van der Waals surface area contributed by atoms with Crippen LogP contribution in [-0.2, 0) is 5.54 Å². The maximum atomic E-state index is 12.2. The molecule has 0 spiro atoms. The molecule has 0 fully saturated rings. The summed E-state index contributed by atoms with van der Waals surface area (Å²) >= 11 is 0. The van der Waals surface area contributed by atoms with Gasteiger partial charge in [0.2, 0.25) is 0 Å². The van der Waals surface area contributed by atoms with Gasteiger partial charge in [-0.25, -0.2) is 0 Å². The lowest BCUT2D eigenvalue weighted by molar-refractivity contribution is 0.102. The van der Waals surface area contributed by atoms with Crippen molar-refractivity contribution in [3.8, 4) is 5.75 Å². The summed E-state index contributed by atoms with van der Waals surface area (Å²) in [6.45, 7) is 6.06. The molecule has 0 bridgehead atoms. The van der Waals surface area contributed by atoms with Gasteiger partial charge >= 0.3 is 0 Å². The monoisotopic (exact) mass is 288 g/mol. The van der Waals surface area contributed by atoms with Crippen LogP contribution in [0.2, 0.25) is 0 Å². The summed E-state index contributed by atoms with van der Waals surface area (Å²) in [7, 11) is 1.55. The first-order valence-corrected chi connectivity index (χ1v) is 6.61. The molecular formula is C15H20N4O2. The molecule has 0 atom stereocenters. The van der Waals surface area contributed by atoms with Crippen molar-refractivity contribution in [2.24, 2.45) is 0 Å². The van der Waals surface area contributed by atoms with Gasteiger partial charge in [0.05, 0.1) is 30.1 Å². The number of hydrogen-bond acceptors (Lipinski definition) is 4. The highest BCUT2D eigenvalue weighted by Crippen LogP contribution is 2.25. The molecule has 2 rings (SSSR count). The van der Waals surface area contributed by atoms with Gasteiger partial charge in [0.25, 0.3) is 5.91 Å². The van der Waals surface area contributed by atoms with E-state index in [2.05, 4.69) is 10.4 Å². The predicted octanol–water partition coefficient (Wildman–Crippen LogP) is 2.48. The minimum atomic E-state index is -0.227. The highest BCUT2D eigenvalue weighted by atomic mass is 16.5. The summed E-state index contributed by atoms with van der Waals surface area (Å²) in [5.41, 5.74) is 7.24. The molecule has 1 heterocycles. The van der Waals surface area contributed by atoms with Crippen molar-refractivity contribution in [2.45, 2.75) is 26.3 Å². The van der Waals surface area contributed by atoms with E-state index < -0.39 is 0 Å². The minimum absolute atomic E-state index is 0.164. The lowest BCUT2D eigenvalue weighted by Crippen LogP contribution is -2.22. The molecule has 2 aromatic rings. The summed E-state index contributed by atoms with van der Waals surface area (Å²) in [5.74, 6) is 0.351. The van der Waals surface area contributed by atoms with Crippen molar-refractivity contribution in [1.82, 2.24) is 9.78 Å². The average Bonchev–Trinajstić information content (AvgIpc) is 2.88. The molecule has 0 aliphatic heterocycles. The van der Waals surface area contributed by atoms with Crippen LogP contribution in [0, 0.1) is 0 Å². The number of carbonyl (C=O) groups is 1. The first kappa shape index (κ1) is 14.9. The van der Waals surface area contributed by atoms with Crippen molar-refractivity contribution in [1.29, 1.82) is 0 Å². The largest absolute Gasteiger partial charge is 0.495 e. The van der Waals surface area contributed by atoms with Gasteiger partial charge in [-0.2, -0.15) is 5.10 Å². The van der Waals surface area contributed by atoms with Crippen LogP contribution in [0.3, 0.4) is 0 Å². The van der Waals surface area contributed by atoms with Crippen LogP contribution >= 0.6 is 0 Å². The second-order valence-corrected chi connectivity index (χ2v) is 5.76. The number of nitrogens with zero attached hydrogens (tertiary/aromatic N) is 2. The maximum absolute atomic E-state index is 12.2. The van der Waals surface area contributed by atoms with E-state index in [1.54, 1.807) is 42.4 Å². The Morgan fingerprint density at radius 1 is 1.38 bits per heavy atom. The number of anilines is 2. The van der Waals surface area contributed by atoms with E-state index in [0.717, 1.165) is 0 Å². The van der Waals surface area contributed by atoms with Gasteiger partial charge in [-0.05, 0) is 39.0 Å². The quantitative estimate of drug-likeness (QED) is 0.850. The molecule has 112 valence electrons. The van der Waals surface area contributed by atoms with Gasteiger partial charge in [0.15, 0.2) is 0 Å². The van der Waals surface area contributed by atoms with E-state index in [9.17, 15) is 4.79 Å². The number of ether oxygens (including phenoxy) is 1. The standard InChI is InChI=1S/C15H20N4O2/c1-15(2,3)19-9-10(8-17-19)14(20)18-11-5-6-13(21-4)12(16)7-11/h5-9H,16H2,1-4H3,(H,18,20). The SMILES string of the molecule is COc1ccc(NC(=O)c2cnn(C(C)(C)C)c2)cc1N. The van der Waals surface area contributed by atoms with Crippen molar-refractivity contribution in [2.75, 3.05) is 18.2 Å². The maximum Gasteiger partial charge on any atom is 0.258 e. The molecule has 0 saturated carbocycles. The van der Waals surface area contributed by atoms with E-state index >= 15 is 0 Å². The van der Waals surface area contributed by atoms with Crippen LogP contribution in [0.25, 0.3) is 0 Å². The molecule has 6 nitrogen and oxygen atoms in total. The second kappa shape index (κ2) is 5.47. The highest BCUT2D eigenvalue weighted by Gasteiger charge is 2.17. The molecule has 0 unspecified atom stereocenters. The van der Waals surface area contributed by atoms with Crippen LogP contribution in [0.4, 0.5) is 11.4 Å². The molecule has 0 aliphatic rings. The van der Waals surface area contributed by atoms with E-state index in [0.29, 0.717) is 22.7 Å². The zero-order valence-electron chi connectivity index (χ0n) is 12.7. The summed E-state index contributed by atoms with van der Waals surface area (Å²) in [4.78, 5) is 12.2. The van der Waals surface area contributed by atoms with Crippen molar-refractivity contribution >= 4 is 17.3 Å². The number of carbonyl (C=O) groups excluding carboxylic acids is 1. The topological polar surface area (TPSA) is 82.2 Å². The Balaban J connectivity index is 2.14. The molecule has 1 amide bonds. The second-order valence-electron chi connectivity index (χ2n) is 5.76. The first-order valence-electron chi connectivity index (χ1n) is 6.61. The van der Waals surface area contributed by atoms with Gasteiger partial charge in [0.1, 0.15) is 5.75 Å². The fourth-order valence-corrected chi connectivity index (χ4v) is 1.82. The Morgan fingerprint density at radius 2 is 2.10 bits per heavy atom. The van der Waals surface area contributed by atoms with Gasteiger partial charge in [-0.15, -0.1) is 0 Å². The van der Waals surface area contributed by atoms with Gasteiger partial charge < -0.3 is 15.8 Å². The van der Waals surface area contributed by atoms with Crippen molar-refractivity contribution in [3.63, 3.8) is 0 Å². The number of methoxy groups -OCH3 is 1. The summed E-state index contributed by atoms with van der Waals surface area (Å²) in [6.07, 6.45) is 3.27. The predicted molar refractivity (Wildman–Crippen MR) is 82.6 cm³/mol. The number of nitrogen functional groups attached to an aromatic ring is 1. The van der Waals surface area contributed by atoms with Gasteiger partial charge in [-0.1, -0.05) is 0 Å². The number of nitrogens with two attached hydrogens (primary N) is 1. The van der Waals surface area contributed by atoms with Crippen LogP contribution in [0.5, 0.6) is 5.75 Å². The summed E-state index contributed by atoms with van der Waals surface area (Å²) < 4.78 is 6.83. The molecule has 1 aromatic heterocycles. The molecular weight excluding hydrogens is 268 g/mol. The van der Waals surface area contributed by atoms with Gasteiger partial charge in [0, 0.05) is 11.9 Å². The zero-order chi connectivity index (χ0) is 15.6. The van der Waals surface area contributed by atoms with Crippen molar-refractivity contribution in [3.05, 3.63) is 36.2 Å². The molecule has 0 saturated heterocycles. The Bertz CT molecular complexity index is 656. The minimum Gasteiger partial charge on any atom is -0.495 e. The normalized spacial score (nSPS) is 11.2. The lowest BCUT2D eigenvalue weighted by atomic mass is 10.1. The first-order chi connectivity index (χ1) is 9.81. The Morgan fingerprint density at radius 3 is 2.62 bits per heavy atom. The Kier molecular flexibility index (Phi) is 3.88. The lowest BCUT2D eigenvalue weighted by Gasteiger charge is -2.18. The average molecular weight is 288 g/mol. The van der Waals surface area contributed by atoms with Crippen LogP contribution in [-0.4, -0.2) is 22.8 Å². The number of hydrogen-bond donors (Lipinski definition) is 2. The number of nitrogens with one attached hydrogen (secondary N) is 1. The third-order valence-corrected chi connectivity index (χ3v) is 3.02. The summed E-state index contributed by atoms with van der Waals surface area (Å²) in [5, 5.41) is 6.99. The molecule has 0 aliphatic carbocycles. The van der Waals surface area contributed by atoms with E-state index in [-0.39, 0.29) is 11.4 Å². The number of benzene rings is 1. The number of aromatic nitrogens is 2. The molecule has 3 N–H and O–H groups in total. The number of rotatable bonds is 3. The third kappa shape index (κ3) is 3.34. The molecule has 6 heteroatoms. The van der Waals surface area contributed by atoms with Gasteiger partial charge in [-0.3, -0.25) is 9.48 Å². The van der Waals surface area contributed by atoms with Crippen LogP contribution < -0.4 is 15.8 Å². The smallest absolute Gasteiger partial charge is 0.258 e. The fraction of sp³-hybridized carbons (Fsp3) is 0.333. The molecule has 21 heavy (non-hydrogen) atoms. The zero-order valence-corrected chi connectivity index (χ0v) is 12.7. The van der Waals surface area contributed by atoms with Crippen molar-refractivity contribution < 1.29 is 9.53 Å². The Labute approximate surface area is 123 Å². The van der Waals surface area contributed by atoms with E-state index in [1.165, 1.54) is 0 Å². The fourth-order valence-electron chi connectivity index (χ4n) is 1.82. The third-order valence-electron chi connectivity index (χ3n) is 3.02. The molecule has 1 aromatic carbocycles. The van der Waals surface area contributed by atoms with Crippen LogP contribution in [0.1, 0.15) is 31.1 Å². The highest BCUT2D eigenvalue weighted by molar-refractivity contribution is 6.04. The van der Waals surface area contributed by atoms with E-state index in [4.69, 9.17) is 10.5 Å².